The maximum Gasteiger partial charge on any atom is 0.220 e. The van der Waals surface area contributed by atoms with E-state index in [1.165, 1.54) is 10.9 Å². The lowest BCUT2D eigenvalue weighted by atomic mass is 9.98. The SMILES string of the molecule is O=C1CC(c2c[nH]c3c(Br)cccc23)CN1. The Morgan fingerprint density at radius 1 is 1.38 bits per heavy atom. The summed E-state index contributed by atoms with van der Waals surface area (Å²) in [6.07, 6.45) is 2.61. The summed E-state index contributed by atoms with van der Waals surface area (Å²) in [4.78, 5) is 14.5. The van der Waals surface area contributed by atoms with Gasteiger partial charge in [-0.3, -0.25) is 4.79 Å². The summed E-state index contributed by atoms with van der Waals surface area (Å²) in [6, 6.07) is 6.13. The fraction of sp³-hybridized carbons (Fsp3) is 0.250. The molecular weight excluding hydrogens is 268 g/mol. The van der Waals surface area contributed by atoms with E-state index in [0.717, 1.165) is 16.5 Å². The summed E-state index contributed by atoms with van der Waals surface area (Å²) in [5, 5.41) is 4.08. The predicted molar refractivity (Wildman–Crippen MR) is 66.4 cm³/mol. The Morgan fingerprint density at radius 3 is 3.00 bits per heavy atom. The van der Waals surface area contributed by atoms with Crippen molar-refractivity contribution in [1.29, 1.82) is 0 Å². The number of fused-ring (bicyclic) bond motifs is 1. The molecular formula is C12H11BrN2O. The average molecular weight is 279 g/mol. The zero-order valence-corrected chi connectivity index (χ0v) is 10.2. The highest BCUT2D eigenvalue weighted by Gasteiger charge is 2.25. The van der Waals surface area contributed by atoms with Crippen LogP contribution in [0.15, 0.2) is 28.9 Å². The highest BCUT2D eigenvalue weighted by molar-refractivity contribution is 9.10. The number of hydrogen-bond acceptors (Lipinski definition) is 1. The number of carbonyl (C=O) groups is 1. The number of rotatable bonds is 1. The van der Waals surface area contributed by atoms with E-state index in [9.17, 15) is 4.79 Å². The third-order valence-corrected chi connectivity index (χ3v) is 3.77. The number of aromatic amines is 1. The van der Waals surface area contributed by atoms with Gasteiger partial charge in [-0.15, -0.1) is 0 Å². The molecule has 0 bridgehead atoms. The number of carbonyl (C=O) groups excluding carboxylic acids is 1. The Labute approximate surface area is 101 Å². The molecule has 1 aromatic carbocycles. The maximum atomic E-state index is 11.2. The highest BCUT2D eigenvalue weighted by atomic mass is 79.9. The van der Waals surface area contributed by atoms with Gasteiger partial charge in [0.2, 0.25) is 5.91 Å². The molecule has 1 atom stereocenters. The standard InChI is InChI=1S/C12H11BrN2O/c13-10-3-1-2-8-9(6-15-12(8)10)7-4-11(16)14-5-7/h1-3,6-7,15H,4-5H2,(H,14,16). The molecule has 3 nitrogen and oxygen atoms in total. The summed E-state index contributed by atoms with van der Waals surface area (Å²) in [7, 11) is 0. The molecule has 2 aromatic rings. The van der Waals surface area contributed by atoms with Crippen molar-refractivity contribution in [3.8, 4) is 0 Å². The first kappa shape index (κ1) is 9.90. The molecule has 4 heteroatoms. The normalized spacial score (nSPS) is 20.3. The van der Waals surface area contributed by atoms with Crippen LogP contribution in [0.1, 0.15) is 17.9 Å². The smallest absolute Gasteiger partial charge is 0.220 e. The fourth-order valence-electron chi connectivity index (χ4n) is 2.30. The molecule has 0 spiro atoms. The molecule has 1 unspecified atom stereocenters. The van der Waals surface area contributed by atoms with Crippen LogP contribution in [0.3, 0.4) is 0 Å². The number of para-hydroxylation sites is 1. The van der Waals surface area contributed by atoms with Crippen LogP contribution in [0.2, 0.25) is 0 Å². The minimum Gasteiger partial charge on any atom is -0.360 e. The summed E-state index contributed by atoms with van der Waals surface area (Å²) < 4.78 is 1.06. The van der Waals surface area contributed by atoms with Crippen molar-refractivity contribution in [2.45, 2.75) is 12.3 Å². The second kappa shape index (κ2) is 3.63. The molecule has 3 rings (SSSR count). The molecule has 0 radical (unpaired) electrons. The van der Waals surface area contributed by atoms with E-state index in [0.29, 0.717) is 12.3 Å². The molecule has 1 amide bonds. The summed E-state index contributed by atoms with van der Waals surface area (Å²) >= 11 is 3.52. The number of hydrogen-bond donors (Lipinski definition) is 2. The van der Waals surface area contributed by atoms with Crippen LogP contribution in [0.4, 0.5) is 0 Å². The number of benzene rings is 1. The van der Waals surface area contributed by atoms with Gasteiger partial charge in [-0.25, -0.2) is 0 Å². The molecule has 16 heavy (non-hydrogen) atoms. The molecule has 2 heterocycles. The van der Waals surface area contributed by atoms with Crippen LogP contribution < -0.4 is 5.32 Å². The molecule has 1 saturated heterocycles. The highest BCUT2D eigenvalue weighted by Crippen LogP contribution is 2.32. The van der Waals surface area contributed by atoms with E-state index in [4.69, 9.17) is 0 Å². The zero-order valence-electron chi connectivity index (χ0n) is 8.59. The lowest BCUT2D eigenvalue weighted by Gasteiger charge is -2.05. The largest absolute Gasteiger partial charge is 0.360 e. The monoisotopic (exact) mass is 278 g/mol. The molecule has 1 aliphatic heterocycles. The molecule has 1 aromatic heterocycles. The lowest BCUT2D eigenvalue weighted by Crippen LogP contribution is -2.13. The minimum absolute atomic E-state index is 0.148. The lowest BCUT2D eigenvalue weighted by molar-refractivity contribution is -0.119. The van der Waals surface area contributed by atoms with E-state index >= 15 is 0 Å². The predicted octanol–water partition coefficient (Wildman–Crippen LogP) is 2.53. The Bertz CT molecular complexity index is 561. The Hall–Kier alpha value is -1.29. The van der Waals surface area contributed by atoms with Crippen LogP contribution in [-0.4, -0.2) is 17.4 Å². The second-order valence-electron chi connectivity index (χ2n) is 4.11. The first-order valence-corrected chi connectivity index (χ1v) is 6.07. The third kappa shape index (κ3) is 1.45. The van der Waals surface area contributed by atoms with Crippen molar-refractivity contribution in [3.63, 3.8) is 0 Å². The van der Waals surface area contributed by atoms with Crippen LogP contribution in [0.25, 0.3) is 10.9 Å². The van der Waals surface area contributed by atoms with E-state index in [1.54, 1.807) is 0 Å². The van der Waals surface area contributed by atoms with Gasteiger partial charge >= 0.3 is 0 Å². The molecule has 2 N–H and O–H groups in total. The summed E-state index contributed by atoms with van der Waals surface area (Å²) in [5.74, 6) is 0.449. The van der Waals surface area contributed by atoms with E-state index < -0.39 is 0 Å². The van der Waals surface area contributed by atoms with Crippen molar-refractivity contribution in [1.82, 2.24) is 10.3 Å². The fourth-order valence-corrected chi connectivity index (χ4v) is 2.78. The Morgan fingerprint density at radius 2 is 2.25 bits per heavy atom. The second-order valence-corrected chi connectivity index (χ2v) is 4.97. The van der Waals surface area contributed by atoms with Gasteiger partial charge in [-0.2, -0.15) is 0 Å². The maximum absolute atomic E-state index is 11.2. The van der Waals surface area contributed by atoms with Crippen molar-refractivity contribution in [2.75, 3.05) is 6.54 Å². The van der Waals surface area contributed by atoms with Crippen molar-refractivity contribution in [3.05, 3.63) is 34.4 Å². The molecule has 0 saturated carbocycles. The zero-order chi connectivity index (χ0) is 11.1. The van der Waals surface area contributed by atoms with Gasteiger partial charge in [0.05, 0.1) is 5.52 Å². The van der Waals surface area contributed by atoms with E-state index in [1.807, 2.05) is 18.3 Å². The Balaban J connectivity index is 2.11. The van der Waals surface area contributed by atoms with E-state index in [-0.39, 0.29) is 5.91 Å². The van der Waals surface area contributed by atoms with Gasteiger partial charge in [0.15, 0.2) is 0 Å². The van der Waals surface area contributed by atoms with Gasteiger partial charge in [0.25, 0.3) is 0 Å². The van der Waals surface area contributed by atoms with Crippen molar-refractivity contribution >= 4 is 32.7 Å². The van der Waals surface area contributed by atoms with Crippen molar-refractivity contribution in [2.24, 2.45) is 0 Å². The van der Waals surface area contributed by atoms with Crippen LogP contribution >= 0.6 is 15.9 Å². The van der Waals surface area contributed by atoms with Crippen LogP contribution in [0, 0.1) is 0 Å². The first-order valence-electron chi connectivity index (χ1n) is 5.28. The van der Waals surface area contributed by atoms with Gasteiger partial charge in [0, 0.05) is 34.9 Å². The number of amides is 1. The number of halogens is 1. The molecule has 82 valence electrons. The van der Waals surface area contributed by atoms with Crippen LogP contribution in [-0.2, 0) is 4.79 Å². The quantitative estimate of drug-likeness (QED) is 0.827. The minimum atomic E-state index is 0.148. The molecule has 0 aliphatic carbocycles. The van der Waals surface area contributed by atoms with Gasteiger partial charge in [-0.1, -0.05) is 12.1 Å². The number of aromatic nitrogens is 1. The third-order valence-electron chi connectivity index (χ3n) is 3.11. The average Bonchev–Trinajstić information content (AvgIpc) is 2.84. The number of nitrogens with one attached hydrogen (secondary N) is 2. The van der Waals surface area contributed by atoms with Gasteiger partial charge in [0.1, 0.15) is 0 Å². The molecule has 1 fully saturated rings. The Kier molecular flexibility index (Phi) is 2.24. The molecule has 1 aliphatic rings. The van der Waals surface area contributed by atoms with Gasteiger partial charge < -0.3 is 10.3 Å². The van der Waals surface area contributed by atoms with Crippen molar-refractivity contribution < 1.29 is 4.79 Å². The summed E-state index contributed by atoms with van der Waals surface area (Å²) in [5.41, 5.74) is 2.34. The number of H-pyrrole nitrogens is 1. The van der Waals surface area contributed by atoms with Crippen LogP contribution in [0.5, 0.6) is 0 Å². The topological polar surface area (TPSA) is 44.9 Å². The van der Waals surface area contributed by atoms with E-state index in [2.05, 4.69) is 32.3 Å². The summed E-state index contributed by atoms with van der Waals surface area (Å²) in [6.45, 7) is 0.748. The first-order chi connectivity index (χ1) is 7.75. The van der Waals surface area contributed by atoms with Gasteiger partial charge in [-0.05, 0) is 27.6 Å².